The lowest BCUT2D eigenvalue weighted by Gasteiger charge is -2.17. The van der Waals surface area contributed by atoms with Crippen molar-refractivity contribution in [1.29, 1.82) is 0 Å². The molecule has 2 rings (SSSR count). The molecule has 1 heterocycles. The fraction of sp³-hybridized carbons (Fsp3) is 0.333. The Morgan fingerprint density at radius 1 is 1.31 bits per heavy atom. The SMILES string of the molecule is COCCCN1C(=O)/C(=C\c2ccccc2[N+](=O)[O-])C(C(=O)OC)=C1C. The Balaban J connectivity index is 2.51. The molecule has 0 spiro atoms. The molecule has 0 fully saturated rings. The number of methoxy groups -OCH3 is 2. The number of ether oxygens (including phenoxy) is 2. The first-order chi connectivity index (χ1) is 12.4. The van der Waals surface area contributed by atoms with E-state index in [4.69, 9.17) is 9.47 Å². The largest absolute Gasteiger partial charge is 0.465 e. The van der Waals surface area contributed by atoms with Crippen molar-refractivity contribution >= 4 is 23.6 Å². The van der Waals surface area contributed by atoms with E-state index in [0.29, 0.717) is 25.3 Å². The zero-order chi connectivity index (χ0) is 19.3. The predicted octanol–water partition coefficient (Wildman–Crippen LogP) is 2.30. The maximum Gasteiger partial charge on any atom is 0.340 e. The lowest BCUT2D eigenvalue weighted by Crippen LogP contribution is -2.26. The first kappa shape index (κ1) is 19.3. The van der Waals surface area contributed by atoms with E-state index in [-0.39, 0.29) is 22.4 Å². The van der Waals surface area contributed by atoms with Gasteiger partial charge in [-0.2, -0.15) is 0 Å². The number of rotatable bonds is 7. The Morgan fingerprint density at radius 2 is 2.00 bits per heavy atom. The molecule has 8 heteroatoms. The lowest BCUT2D eigenvalue weighted by atomic mass is 10.0. The maximum absolute atomic E-state index is 12.8. The number of carbonyl (C=O) groups is 2. The van der Waals surface area contributed by atoms with Crippen LogP contribution in [0.15, 0.2) is 41.1 Å². The summed E-state index contributed by atoms with van der Waals surface area (Å²) in [5.41, 5.74) is 0.762. The van der Waals surface area contributed by atoms with E-state index in [1.807, 2.05) is 0 Å². The molecular weight excluding hydrogens is 340 g/mol. The van der Waals surface area contributed by atoms with Crippen LogP contribution in [0, 0.1) is 10.1 Å². The van der Waals surface area contributed by atoms with E-state index < -0.39 is 16.8 Å². The number of para-hydroxylation sites is 1. The molecule has 1 aliphatic rings. The number of hydrogen-bond acceptors (Lipinski definition) is 6. The van der Waals surface area contributed by atoms with Gasteiger partial charge in [-0.1, -0.05) is 12.1 Å². The van der Waals surface area contributed by atoms with Crippen LogP contribution in [-0.4, -0.2) is 49.1 Å². The van der Waals surface area contributed by atoms with Crippen LogP contribution in [-0.2, 0) is 19.1 Å². The highest BCUT2D eigenvalue weighted by Crippen LogP contribution is 2.33. The minimum atomic E-state index is -0.657. The van der Waals surface area contributed by atoms with Crippen LogP contribution in [0.5, 0.6) is 0 Å². The van der Waals surface area contributed by atoms with Crippen molar-refractivity contribution in [1.82, 2.24) is 4.90 Å². The van der Waals surface area contributed by atoms with Crippen LogP contribution in [0.4, 0.5) is 5.69 Å². The van der Waals surface area contributed by atoms with Gasteiger partial charge in [-0.3, -0.25) is 14.9 Å². The number of esters is 1. The summed E-state index contributed by atoms with van der Waals surface area (Å²) in [5, 5.41) is 11.2. The van der Waals surface area contributed by atoms with E-state index in [2.05, 4.69) is 0 Å². The summed E-state index contributed by atoms with van der Waals surface area (Å²) >= 11 is 0. The third kappa shape index (κ3) is 3.80. The van der Waals surface area contributed by atoms with Crippen LogP contribution in [0.1, 0.15) is 18.9 Å². The van der Waals surface area contributed by atoms with Gasteiger partial charge in [0.1, 0.15) is 0 Å². The van der Waals surface area contributed by atoms with Gasteiger partial charge >= 0.3 is 5.97 Å². The minimum absolute atomic E-state index is 0.0843. The zero-order valence-electron chi connectivity index (χ0n) is 14.9. The number of hydrogen-bond donors (Lipinski definition) is 0. The monoisotopic (exact) mass is 360 g/mol. The molecule has 0 radical (unpaired) electrons. The molecule has 0 N–H and O–H groups in total. The fourth-order valence-electron chi connectivity index (χ4n) is 2.80. The van der Waals surface area contributed by atoms with Crippen LogP contribution in [0.2, 0.25) is 0 Å². The highest BCUT2D eigenvalue weighted by Gasteiger charge is 2.37. The zero-order valence-corrected chi connectivity index (χ0v) is 14.9. The molecule has 0 saturated heterocycles. The number of carbonyl (C=O) groups excluding carboxylic acids is 2. The number of nitro benzene ring substituents is 1. The van der Waals surface area contributed by atoms with Gasteiger partial charge in [0.05, 0.1) is 28.7 Å². The first-order valence-corrected chi connectivity index (χ1v) is 7.97. The highest BCUT2D eigenvalue weighted by molar-refractivity contribution is 6.16. The summed E-state index contributed by atoms with van der Waals surface area (Å²) in [6.07, 6.45) is 1.96. The van der Waals surface area contributed by atoms with Crippen molar-refractivity contribution in [3.8, 4) is 0 Å². The summed E-state index contributed by atoms with van der Waals surface area (Å²) in [5.74, 6) is -1.05. The molecule has 8 nitrogen and oxygen atoms in total. The third-order valence-corrected chi connectivity index (χ3v) is 4.06. The standard InChI is InChI=1S/C18H20N2O6/c1-12-16(18(22)26-3)14(17(21)19(12)9-6-10-25-2)11-13-7-4-5-8-15(13)20(23)24/h4-5,7-8,11H,6,9-10H2,1-3H3/b14-11-. The van der Waals surface area contributed by atoms with E-state index in [9.17, 15) is 19.7 Å². The van der Waals surface area contributed by atoms with Crippen molar-refractivity contribution in [3.05, 3.63) is 56.8 Å². The quantitative estimate of drug-likeness (QED) is 0.243. The first-order valence-electron chi connectivity index (χ1n) is 7.97. The molecular formula is C18H20N2O6. The molecule has 26 heavy (non-hydrogen) atoms. The molecule has 0 atom stereocenters. The van der Waals surface area contributed by atoms with Gasteiger partial charge in [-0.05, 0) is 25.5 Å². The summed E-state index contributed by atoms with van der Waals surface area (Å²) in [6, 6.07) is 6.03. The Kier molecular flexibility index (Phi) is 6.24. The van der Waals surface area contributed by atoms with E-state index in [0.717, 1.165) is 0 Å². The molecule has 0 saturated carbocycles. The van der Waals surface area contributed by atoms with Gasteiger partial charge < -0.3 is 14.4 Å². The second-order valence-electron chi connectivity index (χ2n) is 5.63. The minimum Gasteiger partial charge on any atom is -0.465 e. The van der Waals surface area contributed by atoms with E-state index in [1.165, 1.54) is 36.3 Å². The molecule has 0 unspecified atom stereocenters. The average molecular weight is 360 g/mol. The number of nitro groups is 1. The Labute approximate surface area is 150 Å². The molecule has 0 aliphatic carbocycles. The topological polar surface area (TPSA) is 99.0 Å². The summed E-state index contributed by atoms with van der Waals surface area (Å²) < 4.78 is 9.79. The van der Waals surface area contributed by atoms with Crippen molar-refractivity contribution in [2.75, 3.05) is 27.4 Å². The molecule has 0 aromatic heterocycles. The van der Waals surface area contributed by atoms with Gasteiger partial charge in [0.15, 0.2) is 0 Å². The number of allylic oxidation sites excluding steroid dienone is 1. The van der Waals surface area contributed by atoms with Gasteiger partial charge in [-0.25, -0.2) is 4.79 Å². The van der Waals surface area contributed by atoms with Crippen molar-refractivity contribution in [2.24, 2.45) is 0 Å². The molecule has 1 aromatic carbocycles. The smallest absolute Gasteiger partial charge is 0.340 e. The van der Waals surface area contributed by atoms with Gasteiger partial charge in [-0.15, -0.1) is 0 Å². The molecule has 1 aliphatic heterocycles. The van der Waals surface area contributed by atoms with Gasteiger partial charge in [0.2, 0.25) is 0 Å². The summed E-state index contributed by atoms with van der Waals surface area (Å²) in [4.78, 5) is 37.2. The predicted molar refractivity (Wildman–Crippen MR) is 94.0 cm³/mol. The van der Waals surface area contributed by atoms with Crippen molar-refractivity contribution in [2.45, 2.75) is 13.3 Å². The molecule has 1 amide bonds. The molecule has 1 aromatic rings. The van der Waals surface area contributed by atoms with Crippen molar-refractivity contribution in [3.63, 3.8) is 0 Å². The molecule has 138 valence electrons. The van der Waals surface area contributed by atoms with Crippen LogP contribution in [0.25, 0.3) is 6.08 Å². The second kappa shape index (κ2) is 8.39. The average Bonchev–Trinajstić information content (AvgIpc) is 2.86. The maximum atomic E-state index is 12.8. The Bertz CT molecular complexity index is 797. The summed E-state index contributed by atoms with van der Waals surface area (Å²) in [6.45, 7) is 2.48. The fourth-order valence-corrected chi connectivity index (χ4v) is 2.80. The van der Waals surface area contributed by atoms with Crippen molar-refractivity contribution < 1.29 is 24.0 Å². The van der Waals surface area contributed by atoms with E-state index in [1.54, 1.807) is 20.1 Å². The summed E-state index contributed by atoms with van der Waals surface area (Å²) in [7, 11) is 2.79. The van der Waals surface area contributed by atoms with Crippen LogP contribution >= 0.6 is 0 Å². The molecule has 0 bridgehead atoms. The van der Waals surface area contributed by atoms with E-state index >= 15 is 0 Å². The second-order valence-corrected chi connectivity index (χ2v) is 5.63. The normalized spacial score (nSPS) is 15.7. The number of benzene rings is 1. The third-order valence-electron chi connectivity index (χ3n) is 4.06. The Hall–Kier alpha value is -3.00. The van der Waals surface area contributed by atoms with Crippen LogP contribution < -0.4 is 0 Å². The lowest BCUT2D eigenvalue weighted by molar-refractivity contribution is -0.385. The van der Waals surface area contributed by atoms with Crippen LogP contribution in [0.3, 0.4) is 0 Å². The number of nitrogens with zero attached hydrogens (tertiary/aromatic N) is 2. The Morgan fingerprint density at radius 3 is 2.62 bits per heavy atom. The number of amides is 1. The van der Waals surface area contributed by atoms with Gasteiger partial charge in [0.25, 0.3) is 11.6 Å². The van der Waals surface area contributed by atoms with Gasteiger partial charge in [0, 0.05) is 32.0 Å². The highest BCUT2D eigenvalue weighted by atomic mass is 16.6.